The van der Waals surface area contributed by atoms with Crippen molar-refractivity contribution in [3.05, 3.63) is 29.0 Å². The lowest BCUT2D eigenvalue weighted by atomic mass is 10.4. The first-order valence-corrected chi connectivity index (χ1v) is 2.75. The Labute approximate surface area is 65.5 Å². The molecule has 0 amide bonds. The summed E-state index contributed by atoms with van der Waals surface area (Å²) in [6.45, 7) is 1.93. The molecule has 0 unspecified atom stereocenters. The summed E-state index contributed by atoms with van der Waals surface area (Å²) in [5.41, 5.74) is 0.995. The zero-order chi connectivity index (χ0) is 5.98. The number of halogens is 2. The highest BCUT2D eigenvalue weighted by Gasteiger charge is 1.83. The van der Waals surface area contributed by atoms with Crippen molar-refractivity contribution in [2.24, 2.45) is 0 Å². The van der Waals surface area contributed by atoms with Gasteiger partial charge in [-0.1, -0.05) is 11.6 Å². The Morgan fingerprint density at radius 3 is 2.44 bits per heavy atom. The SMILES string of the molecule is Cc1ccc(Cl)cn1.Cl. The molecule has 0 saturated heterocycles. The van der Waals surface area contributed by atoms with Crippen LogP contribution in [0.3, 0.4) is 0 Å². The summed E-state index contributed by atoms with van der Waals surface area (Å²) in [6, 6.07) is 3.70. The second-order valence-electron chi connectivity index (χ2n) is 1.62. The first kappa shape index (κ1) is 8.73. The Kier molecular flexibility index (Phi) is 3.59. The number of pyridine rings is 1. The second-order valence-corrected chi connectivity index (χ2v) is 2.05. The minimum atomic E-state index is 0. The molecule has 0 aliphatic rings. The molecule has 0 saturated carbocycles. The van der Waals surface area contributed by atoms with E-state index < -0.39 is 0 Å². The van der Waals surface area contributed by atoms with Gasteiger partial charge in [-0.2, -0.15) is 0 Å². The maximum absolute atomic E-state index is 5.55. The first-order valence-electron chi connectivity index (χ1n) is 2.37. The van der Waals surface area contributed by atoms with Crippen molar-refractivity contribution in [2.75, 3.05) is 0 Å². The maximum Gasteiger partial charge on any atom is 0.0589 e. The van der Waals surface area contributed by atoms with Crippen LogP contribution in [0, 0.1) is 6.92 Å². The van der Waals surface area contributed by atoms with E-state index in [0.29, 0.717) is 5.02 Å². The Morgan fingerprint density at radius 2 is 2.11 bits per heavy atom. The molecule has 1 heterocycles. The molecule has 9 heavy (non-hydrogen) atoms. The fraction of sp³-hybridized carbons (Fsp3) is 0.167. The van der Waals surface area contributed by atoms with Crippen LogP contribution in [0.5, 0.6) is 0 Å². The van der Waals surface area contributed by atoms with Gasteiger partial charge in [0.1, 0.15) is 0 Å². The zero-order valence-corrected chi connectivity index (χ0v) is 6.54. The minimum absolute atomic E-state index is 0. The summed E-state index contributed by atoms with van der Waals surface area (Å²) >= 11 is 5.55. The molecule has 0 aliphatic heterocycles. The van der Waals surface area contributed by atoms with Crippen LogP contribution < -0.4 is 0 Å². The van der Waals surface area contributed by atoms with Crippen LogP contribution in [0.4, 0.5) is 0 Å². The molecule has 0 spiro atoms. The highest BCUT2D eigenvalue weighted by molar-refractivity contribution is 6.30. The van der Waals surface area contributed by atoms with Crippen LogP contribution >= 0.6 is 24.0 Å². The van der Waals surface area contributed by atoms with Gasteiger partial charge in [-0.05, 0) is 19.1 Å². The van der Waals surface area contributed by atoms with Crippen molar-refractivity contribution in [3.8, 4) is 0 Å². The van der Waals surface area contributed by atoms with Gasteiger partial charge in [0.05, 0.1) is 5.02 Å². The lowest BCUT2D eigenvalue weighted by Crippen LogP contribution is -1.75. The molecule has 1 aromatic rings. The molecule has 0 atom stereocenters. The molecule has 0 radical (unpaired) electrons. The van der Waals surface area contributed by atoms with Gasteiger partial charge in [-0.3, -0.25) is 4.98 Å². The van der Waals surface area contributed by atoms with Gasteiger partial charge >= 0.3 is 0 Å². The van der Waals surface area contributed by atoms with E-state index in [1.165, 1.54) is 0 Å². The van der Waals surface area contributed by atoms with Gasteiger partial charge in [-0.15, -0.1) is 12.4 Å². The molecule has 1 rings (SSSR count). The van der Waals surface area contributed by atoms with Crippen molar-refractivity contribution >= 4 is 24.0 Å². The third-order valence-electron chi connectivity index (χ3n) is 0.875. The van der Waals surface area contributed by atoms with E-state index in [0.717, 1.165) is 5.69 Å². The van der Waals surface area contributed by atoms with Crippen LogP contribution in [-0.4, -0.2) is 4.98 Å². The van der Waals surface area contributed by atoms with E-state index >= 15 is 0 Å². The number of hydrogen-bond donors (Lipinski definition) is 0. The molecular weight excluding hydrogens is 157 g/mol. The molecule has 1 nitrogen and oxygen atoms in total. The van der Waals surface area contributed by atoms with Crippen LogP contribution in [-0.2, 0) is 0 Å². The minimum Gasteiger partial charge on any atom is -0.260 e. The lowest BCUT2D eigenvalue weighted by molar-refractivity contribution is 1.20. The van der Waals surface area contributed by atoms with Crippen molar-refractivity contribution in [1.82, 2.24) is 4.98 Å². The van der Waals surface area contributed by atoms with Gasteiger partial charge < -0.3 is 0 Å². The molecule has 0 bridgehead atoms. The number of rotatable bonds is 0. The summed E-state index contributed by atoms with van der Waals surface area (Å²) in [5, 5.41) is 0.690. The van der Waals surface area contributed by atoms with E-state index in [2.05, 4.69) is 4.98 Å². The van der Waals surface area contributed by atoms with E-state index in [4.69, 9.17) is 11.6 Å². The monoisotopic (exact) mass is 163 g/mol. The van der Waals surface area contributed by atoms with Crippen molar-refractivity contribution in [1.29, 1.82) is 0 Å². The summed E-state index contributed by atoms with van der Waals surface area (Å²) < 4.78 is 0. The molecule has 0 aromatic carbocycles. The number of aromatic nitrogens is 1. The first-order chi connectivity index (χ1) is 3.79. The summed E-state index contributed by atoms with van der Waals surface area (Å²) in [5.74, 6) is 0. The summed E-state index contributed by atoms with van der Waals surface area (Å²) in [4.78, 5) is 3.95. The highest BCUT2D eigenvalue weighted by Crippen LogP contribution is 2.04. The van der Waals surface area contributed by atoms with Crippen LogP contribution in [0.25, 0.3) is 0 Å². The Bertz CT molecular complexity index is 150. The maximum atomic E-state index is 5.55. The standard InChI is InChI=1S/C6H6ClN.ClH/c1-5-2-3-6(7)4-8-5;/h2-4H,1H3;1H. The number of aryl methyl sites for hydroxylation is 1. The topological polar surface area (TPSA) is 12.9 Å². The van der Waals surface area contributed by atoms with E-state index in [1.54, 1.807) is 6.20 Å². The molecule has 0 N–H and O–H groups in total. The Hall–Kier alpha value is -0.270. The van der Waals surface area contributed by atoms with Crippen molar-refractivity contribution in [3.63, 3.8) is 0 Å². The Balaban J connectivity index is 0.000000640. The van der Waals surface area contributed by atoms with Crippen molar-refractivity contribution in [2.45, 2.75) is 6.92 Å². The quantitative estimate of drug-likeness (QED) is 0.573. The largest absolute Gasteiger partial charge is 0.260 e. The third kappa shape index (κ3) is 2.68. The van der Waals surface area contributed by atoms with Gasteiger partial charge in [0.25, 0.3) is 0 Å². The normalized spacial score (nSPS) is 8.22. The highest BCUT2D eigenvalue weighted by atomic mass is 35.5. The van der Waals surface area contributed by atoms with Crippen LogP contribution in [0.1, 0.15) is 5.69 Å². The second kappa shape index (κ2) is 3.70. The fourth-order valence-electron chi connectivity index (χ4n) is 0.450. The average molecular weight is 164 g/mol. The van der Waals surface area contributed by atoms with E-state index in [-0.39, 0.29) is 12.4 Å². The zero-order valence-electron chi connectivity index (χ0n) is 4.97. The molecule has 3 heteroatoms. The Morgan fingerprint density at radius 1 is 1.44 bits per heavy atom. The smallest absolute Gasteiger partial charge is 0.0589 e. The summed E-state index contributed by atoms with van der Waals surface area (Å²) in [6.07, 6.45) is 1.64. The number of hydrogen-bond acceptors (Lipinski definition) is 1. The van der Waals surface area contributed by atoms with Gasteiger partial charge in [0.2, 0.25) is 0 Å². The average Bonchev–Trinajstić information content (AvgIpc) is 1.77. The predicted octanol–water partition coefficient (Wildman–Crippen LogP) is 2.47. The lowest BCUT2D eigenvalue weighted by Gasteiger charge is -1.87. The molecule has 50 valence electrons. The van der Waals surface area contributed by atoms with Gasteiger partial charge in [0, 0.05) is 11.9 Å². The molecular formula is C6H7Cl2N. The van der Waals surface area contributed by atoms with E-state index in [1.807, 2.05) is 19.1 Å². The van der Waals surface area contributed by atoms with Crippen molar-refractivity contribution < 1.29 is 0 Å². The summed E-state index contributed by atoms with van der Waals surface area (Å²) in [7, 11) is 0. The number of nitrogens with zero attached hydrogens (tertiary/aromatic N) is 1. The molecule has 1 aromatic heterocycles. The van der Waals surface area contributed by atoms with Gasteiger partial charge in [-0.25, -0.2) is 0 Å². The van der Waals surface area contributed by atoms with Crippen LogP contribution in [0.15, 0.2) is 18.3 Å². The molecule has 0 aliphatic carbocycles. The third-order valence-corrected chi connectivity index (χ3v) is 1.10. The molecule has 0 fully saturated rings. The predicted molar refractivity (Wildman–Crippen MR) is 41.2 cm³/mol. The fourth-order valence-corrected chi connectivity index (χ4v) is 0.562. The van der Waals surface area contributed by atoms with E-state index in [9.17, 15) is 0 Å². The van der Waals surface area contributed by atoms with Crippen LogP contribution in [0.2, 0.25) is 5.02 Å². The van der Waals surface area contributed by atoms with Gasteiger partial charge in [0.15, 0.2) is 0 Å².